The molecule has 0 spiro atoms. The lowest BCUT2D eigenvalue weighted by Gasteiger charge is -2.27. The zero-order valence-corrected chi connectivity index (χ0v) is 10.7. The summed E-state index contributed by atoms with van der Waals surface area (Å²) in [5, 5.41) is 0. The first-order chi connectivity index (χ1) is 7.49. The molecule has 0 saturated heterocycles. The van der Waals surface area contributed by atoms with Crippen LogP contribution in [0.15, 0.2) is 12.2 Å². The molecule has 0 aromatic rings. The van der Waals surface area contributed by atoms with Crippen LogP contribution in [0.1, 0.15) is 46.5 Å². The molecule has 0 radical (unpaired) electrons. The van der Waals surface area contributed by atoms with Gasteiger partial charge in [-0.2, -0.15) is 0 Å². The predicted molar refractivity (Wildman–Crippen MR) is 65.4 cm³/mol. The molecule has 0 atom stereocenters. The van der Waals surface area contributed by atoms with E-state index in [0.29, 0.717) is 0 Å². The van der Waals surface area contributed by atoms with Gasteiger partial charge in [0.25, 0.3) is 0 Å². The maximum atomic E-state index is 11.9. The molecule has 92 valence electrons. The Balaban J connectivity index is 2.47. The van der Waals surface area contributed by atoms with Crippen molar-refractivity contribution < 1.29 is 9.53 Å². The highest BCUT2D eigenvalue weighted by molar-refractivity contribution is 5.68. The lowest BCUT2D eigenvalue weighted by Crippen LogP contribution is -2.37. The van der Waals surface area contributed by atoms with Gasteiger partial charge in [0, 0.05) is 13.1 Å². The smallest absolute Gasteiger partial charge is 0.410 e. The molecule has 0 saturated carbocycles. The van der Waals surface area contributed by atoms with E-state index in [1.807, 2.05) is 25.7 Å². The molecule has 0 bridgehead atoms. The van der Waals surface area contributed by atoms with Crippen molar-refractivity contribution in [2.75, 3.05) is 13.1 Å². The molecular weight excluding hydrogens is 202 g/mol. The van der Waals surface area contributed by atoms with E-state index in [4.69, 9.17) is 4.74 Å². The van der Waals surface area contributed by atoms with Crippen LogP contribution in [-0.2, 0) is 4.74 Å². The van der Waals surface area contributed by atoms with Crippen molar-refractivity contribution in [1.82, 2.24) is 4.90 Å². The molecule has 0 aromatic carbocycles. The van der Waals surface area contributed by atoms with Gasteiger partial charge in [0.1, 0.15) is 5.60 Å². The minimum absolute atomic E-state index is 0.172. The highest BCUT2D eigenvalue weighted by Gasteiger charge is 2.21. The summed E-state index contributed by atoms with van der Waals surface area (Å²) in [5.41, 5.74) is -0.395. The third-order valence-electron chi connectivity index (χ3n) is 2.42. The topological polar surface area (TPSA) is 29.5 Å². The summed E-state index contributed by atoms with van der Waals surface area (Å²) in [5.74, 6) is 0. The highest BCUT2D eigenvalue weighted by atomic mass is 16.6. The third kappa shape index (κ3) is 5.19. The second-order valence-corrected chi connectivity index (χ2v) is 5.22. The maximum absolute atomic E-state index is 11.9. The molecule has 1 aliphatic rings. The van der Waals surface area contributed by atoms with Crippen LogP contribution in [-0.4, -0.2) is 29.7 Å². The summed E-state index contributed by atoms with van der Waals surface area (Å²) in [6, 6.07) is 0. The number of hydrogen-bond donors (Lipinski definition) is 0. The van der Waals surface area contributed by atoms with Gasteiger partial charge in [-0.25, -0.2) is 4.79 Å². The zero-order valence-electron chi connectivity index (χ0n) is 10.7. The van der Waals surface area contributed by atoms with Crippen molar-refractivity contribution in [2.24, 2.45) is 0 Å². The molecule has 0 N–H and O–H groups in total. The second kappa shape index (κ2) is 5.92. The molecule has 0 fully saturated rings. The molecule has 1 heterocycles. The minimum Gasteiger partial charge on any atom is -0.444 e. The van der Waals surface area contributed by atoms with Crippen LogP contribution in [0.5, 0.6) is 0 Å². The number of carbonyl (C=O) groups is 1. The van der Waals surface area contributed by atoms with Crippen molar-refractivity contribution >= 4 is 6.09 Å². The fraction of sp³-hybridized carbons (Fsp3) is 0.769. The summed E-state index contributed by atoms with van der Waals surface area (Å²) in [4.78, 5) is 13.7. The zero-order chi connectivity index (χ0) is 12.0. The van der Waals surface area contributed by atoms with Crippen LogP contribution in [0.3, 0.4) is 0 Å². The maximum Gasteiger partial charge on any atom is 0.410 e. The standard InChI is InChI=1S/C13H23NO2/c1-13(2,3)16-12(15)14-10-8-6-4-5-7-9-11-14/h4-5H,6-11H2,1-3H3/b5-4-. The van der Waals surface area contributed by atoms with Gasteiger partial charge in [0.2, 0.25) is 0 Å². The van der Waals surface area contributed by atoms with E-state index < -0.39 is 5.60 Å². The second-order valence-electron chi connectivity index (χ2n) is 5.22. The van der Waals surface area contributed by atoms with Crippen molar-refractivity contribution in [1.29, 1.82) is 0 Å². The first-order valence-corrected chi connectivity index (χ1v) is 6.12. The van der Waals surface area contributed by atoms with E-state index in [2.05, 4.69) is 12.2 Å². The molecule has 0 unspecified atom stereocenters. The number of hydrogen-bond acceptors (Lipinski definition) is 2. The molecule has 3 heteroatoms. The van der Waals surface area contributed by atoms with E-state index in [0.717, 1.165) is 38.8 Å². The van der Waals surface area contributed by atoms with Gasteiger partial charge in [-0.1, -0.05) is 12.2 Å². The average molecular weight is 225 g/mol. The van der Waals surface area contributed by atoms with Crippen LogP contribution in [0.25, 0.3) is 0 Å². The Hall–Kier alpha value is -0.990. The number of ether oxygens (including phenoxy) is 1. The van der Waals surface area contributed by atoms with E-state index in [1.54, 1.807) is 0 Å². The Morgan fingerprint density at radius 3 is 2.06 bits per heavy atom. The van der Waals surface area contributed by atoms with E-state index in [-0.39, 0.29) is 6.09 Å². The predicted octanol–water partition coefficient (Wildman–Crippen LogP) is 3.35. The van der Waals surface area contributed by atoms with Crippen LogP contribution >= 0.6 is 0 Å². The molecule has 1 rings (SSSR count). The number of rotatable bonds is 0. The summed E-state index contributed by atoms with van der Waals surface area (Å²) in [6.07, 6.45) is 8.40. The molecule has 16 heavy (non-hydrogen) atoms. The van der Waals surface area contributed by atoms with Gasteiger partial charge in [-0.15, -0.1) is 0 Å². The lowest BCUT2D eigenvalue weighted by atomic mass is 10.2. The number of nitrogens with zero attached hydrogens (tertiary/aromatic N) is 1. The largest absolute Gasteiger partial charge is 0.444 e. The summed E-state index contributed by atoms with van der Waals surface area (Å²) < 4.78 is 5.38. The van der Waals surface area contributed by atoms with Gasteiger partial charge < -0.3 is 9.64 Å². The normalized spacial score (nSPS) is 20.6. The fourth-order valence-electron chi connectivity index (χ4n) is 1.66. The number of allylic oxidation sites excluding steroid dienone is 2. The van der Waals surface area contributed by atoms with Gasteiger partial charge in [-0.3, -0.25) is 0 Å². The first-order valence-electron chi connectivity index (χ1n) is 6.12. The monoisotopic (exact) mass is 225 g/mol. The summed E-state index contributed by atoms with van der Waals surface area (Å²) in [6.45, 7) is 7.33. The summed E-state index contributed by atoms with van der Waals surface area (Å²) in [7, 11) is 0. The van der Waals surface area contributed by atoms with Crippen LogP contribution in [0.4, 0.5) is 4.79 Å². The van der Waals surface area contributed by atoms with Gasteiger partial charge >= 0.3 is 6.09 Å². The first kappa shape index (κ1) is 13.1. The Bertz CT molecular complexity index is 241. The molecule has 0 aliphatic carbocycles. The van der Waals surface area contributed by atoms with Gasteiger partial charge in [0.05, 0.1) is 0 Å². The summed E-state index contributed by atoms with van der Waals surface area (Å²) >= 11 is 0. The van der Waals surface area contributed by atoms with Gasteiger partial charge in [-0.05, 0) is 46.5 Å². The quantitative estimate of drug-likeness (QED) is 0.592. The van der Waals surface area contributed by atoms with Crippen molar-refractivity contribution in [3.8, 4) is 0 Å². The molecule has 0 aromatic heterocycles. The van der Waals surface area contributed by atoms with E-state index in [9.17, 15) is 4.79 Å². The van der Waals surface area contributed by atoms with E-state index in [1.165, 1.54) is 0 Å². The Morgan fingerprint density at radius 2 is 1.62 bits per heavy atom. The Kier molecular flexibility index (Phi) is 4.84. The lowest BCUT2D eigenvalue weighted by molar-refractivity contribution is 0.0247. The van der Waals surface area contributed by atoms with Crippen molar-refractivity contribution in [2.45, 2.75) is 52.1 Å². The molecule has 1 amide bonds. The van der Waals surface area contributed by atoms with Crippen molar-refractivity contribution in [3.63, 3.8) is 0 Å². The number of carbonyl (C=O) groups excluding carboxylic acids is 1. The van der Waals surface area contributed by atoms with Gasteiger partial charge in [0.15, 0.2) is 0 Å². The minimum atomic E-state index is -0.395. The fourth-order valence-corrected chi connectivity index (χ4v) is 1.66. The molecule has 3 nitrogen and oxygen atoms in total. The molecule has 1 aliphatic heterocycles. The SMILES string of the molecule is CC(C)(C)OC(=O)N1CCC/C=C\CCC1. The Morgan fingerprint density at radius 1 is 1.12 bits per heavy atom. The number of amides is 1. The van der Waals surface area contributed by atoms with Crippen LogP contribution in [0.2, 0.25) is 0 Å². The average Bonchev–Trinajstić information content (AvgIpc) is 2.27. The van der Waals surface area contributed by atoms with Crippen LogP contribution < -0.4 is 0 Å². The Labute approximate surface area is 98.5 Å². The van der Waals surface area contributed by atoms with Crippen LogP contribution in [0, 0.1) is 0 Å². The van der Waals surface area contributed by atoms with Crippen molar-refractivity contribution in [3.05, 3.63) is 12.2 Å². The van der Waals surface area contributed by atoms with E-state index >= 15 is 0 Å². The molecular formula is C13H23NO2. The highest BCUT2D eigenvalue weighted by Crippen LogP contribution is 2.12. The third-order valence-corrected chi connectivity index (χ3v) is 2.42.